The molecule has 1 heterocycles. The summed E-state index contributed by atoms with van der Waals surface area (Å²) in [7, 11) is 0. The Hall–Kier alpha value is -1.77. The third kappa shape index (κ3) is 3.87. The number of hydrogen-bond acceptors (Lipinski definition) is 3. The molecule has 1 aliphatic rings. The van der Waals surface area contributed by atoms with Crippen LogP contribution in [0.15, 0.2) is 34.9 Å². The van der Waals surface area contributed by atoms with Gasteiger partial charge in [-0.1, -0.05) is 44.2 Å². The molecule has 0 atom stereocenters. The average molecular weight is 284 g/mol. The van der Waals surface area contributed by atoms with Gasteiger partial charge in [0.15, 0.2) is 5.89 Å². The molecule has 0 saturated heterocycles. The highest BCUT2D eigenvalue weighted by Crippen LogP contribution is 2.24. The van der Waals surface area contributed by atoms with Gasteiger partial charge in [0.1, 0.15) is 12.0 Å². The fourth-order valence-corrected chi connectivity index (χ4v) is 3.07. The molecule has 3 rings (SSSR count). The summed E-state index contributed by atoms with van der Waals surface area (Å²) >= 11 is 0. The first-order chi connectivity index (χ1) is 10.3. The van der Waals surface area contributed by atoms with E-state index in [1.807, 2.05) is 6.92 Å². The number of rotatable bonds is 3. The normalized spacial score (nSPS) is 17.2. The molecule has 21 heavy (non-hydrogen) atoms. The predicted molar refractivity (Wildman–Crippen MR) is 86.4 cm³/mol. The van der Waals surface area contributed by atoms with Crippen LogP contribution in [0.3, 0.4) is 0 Å². The Morgan fingerprint density at radius 1 is 1.00 bits per heavy atom. The first-order valence-electron chi connectivity index (χ1n) is 8.10. The van der Waals surface area contributed by atoms with E-state index in [0.717, 1.165) is 11.3 Å². The zero-order chi connectivity index (χ0) is 14.5. The Balaban J connectivity index is 1.63. The third-order valence-electron chi connectivity index (χ3n) is 4.28. The van der Waals surface area contributed by atoms with Crippen LogP contribution in [0.25, 0.3) is 11.3 Å². The molecule has 1 aliphatic carbocycles. The van der Waals surface area contributed by atoms with Crippen LogP contribution in [0, 0.1) is 6.92 Å². The minimum absolute atomic E-state index is 0.630. The SMILES string of the molecule is Cc1nc(-c2ccc(NC3CCCCCCC3)cc2)co1. The fourth-order valence-electron chi connectivity index (χ4n) is 3.07. The van der Waals surface area contributed by atoms with E-state index in [1.165, 1.54) is 50.6 Å². The molecule has 0 radical (unpaired) electrons. The summed E-state index contributed by atoms with van der Waals surface area (Å²) in [6, 6.07) is 9.16. The first-order valence-corrected chi connectivity index (χ1v) is 8.10. The van der Waals surface area contributed by atoms with Crippen molar-refractivity contribution in [3.8, 4) is 11.3 Å². The van der Waals surface area contributed by atoms with Gasteiger partial charge in [0.25, 0.3) is 0 Å². The zero-order valence-electron chi connectivity index (χ0n) is 12.8. The molecule has 3 heteroatoms. The first kappa shape index (κ1) is 14.2. The van der Waals surface area contributed by atoms with Crippen molar-refractivity contribution in [3.63, 3.8) is 0 Å². The lowest BCUT2D eigenvalue weighted by Crippen LogP contribution is -2.20. The second kappa shape index (κ2) is 6.79. The maximum absolute atomic E-state index is 5.27. The molecule has 0 unspecified atom stereocenters. The lowest BCUT2D eigenvalue weighted by molar-refractivity contribution is 0.471. The van der Waals surface area contributed by atoms with Gasteiger partial charge in [-0.2, -0.15) is 0 Å². The average Bonchev–Trinajstić information content (AvgIpc) is 2.89. The van der Waals surface area contributed by atoms with Crippen molar-refractivity contribution < 1.29 is 4.42 Å². The van der Waals surface area contributed by atoms with Gasteiger partial charge in [-0.15, -0.1) is 0 Å². The van der Waals surface area contributed by atoms with Crippen LogP contribution in [0.4, 0.5) is 5.69 Å². The van der Waals surface area contributed by atoms with Crippen LogP contribution < -0.4 is 5.32 Å². The van der Waals surface area contributed by atoms with Crippen LogP contribution in [-0.4, -0.2) is 11.0 Å². The Morgan fingerprint density at radius 3 is 2.29 bits per heavy atom. The summed E-state index contributed by atoms with van der Waals surface area (Å²) < 4.78 is 5.27. The molecule has 0 amide bonds. The monoisotopic (exact) mass is 284 g/mol. The van der Waals surface area contributed by atoms with Crippen LogP contribution in [0.1, 0.15) is 50.8 Å². The minimum Gasteiger partial charge on any atom is -0.449 e. The summed E-state index contributed by atoms with van der Waals surface area (Å²) in [4.78, 5) is 4.36. The molecule has 1 N–H and O–H groups in total. The zero-order valence-corrected chi connectivity index (χ0v) is 12.8. The third-order valence-corrected chi connectivity index (χ3v) is 4.28. The summed E-state index contributed by atoms with van der Waals surface area (Å²) in [6.07, 6.45) is 11.2. The van der Waals surface area contributed by atoms with Gasteiger partial charge in [-0.25, -0.2) is 4.98 Å². The highest BCUT2D eigenvalue weighted by Gasteiger charge is 2.11. The molecule has 1 aromatic heterocycles. The smallest absolute Gasteiger partial charge is 0.191 e. The van der Waals surface area contributed by atoms with Gasteiger partial charge in [-0.3, -0.25) is 0 Å². The molecular weight excluding hydrogens is 260 g/mol. The minimum atomic E-state index is 0.630. The van der Waals surface area contributed by atoms with Crippen molar-refractivity contribution in [3.05, 3.63) is 36.4 Å². The van der Waals surface area contributed by atoms with E-state index in [1.54, 1.807) is 6.26 Å². The lowest BCUT2D eigenvalue weighted by Gasteiger charge is -2.22. The molecule has 2 aromatic rings. The number of benzene rings is 1. The van der Waals surface area contributed by atoms with Crippen molar-refractivity contribution in [2.75, 3.05) is 5.32 Å². The summed E-state index contributed by atoms with van der Waals surface area (Å²) in [5.74, 6) is 0.710. The van der Waals surface area contributed by atoms with E-state index in [-0.39, 0.29) is 0 Å². The fraction of sp³-hybridized carbons (Fsp3) is 0.500. The van der Waals surface area contributed by atoms with E-state index < -0.39 is 0 Å². The van der Waals surface area contributed by atoms with E-state index in [4.69, 9.17) is 4.42 Å². The number of hydrogen-bond donors (Lipinski definition) is 1. The van der Waals surface area contributed by atoms with Gasteiger partial charge in [0.05, 0.1) is 0 Å². The number of aryl methyl sites for hydroxylation is 1. The molecule has 3 nitrogen and oxygen atoms in total. The number of nitrogens with zero attached hydrogens (tertiary/aromatic N) is 1. The second-order valence-electron chi connectivity index (χ2n) is 6.02. The van der Waals surface area contributed by atoms with Gasteiger partial charge < -0.3 is 9.73 Å². The number of oxazole rings is 1. The van der Waals surface area contributed by atoms with Crippen molar-refractivity contribution in [2.45, 2.75) is 57.9 Å². The van der Waals surface area contributed by atoms with Crippen LogP contribution in [0.5, 0.6) is 0 Å². The number of nitrogens with one attached hydrogen (secondary N) is 1. The van der Waals surface area contributed by atoms with Crippen molar-refractivity contribution in [1.82, 2.24) is 4.98 Å². The lowest BCUT2D eigenvalue weighted by atomic mass is 9.96. The Kier molecular flexibility index (Phi) is 4.59. The Bertz CT molecular complexity index is 551. The highest BCUT2D eigenvalue weighted by atomic mass is 16.3. The molecule has 0 spiro atoms. The predicted octanol–water partition coefficient (Wildman–Crippen LogP) is 5.17. The van der Waals surface area contributed by atoms with Gasteiger partial charge in [0.2, 0.25) is 0 Å². The molecule has 1 fully saturated rings. The highest BCUT2D eigenvalue weighted by molar-refractivity contribution is 5.61. The van der Waals surface area contributed by atoms with Crippen molar-refractivity contribution in [2.24, 2.45) is 0 Å². The summed E-state index contributed by atoms with van der Waals surface area (Å²) in [5.41, 5.74) is 3.23. The molecule has 0 bridgehead atoms. The second-order valence-corrected chi connectivity index (χ2v) is 6.02. The van der Waals surface area contributed by atoms with E-state index in [2.05, 4.69) is 34.6 Å². The number of anilines is 1. The van der Waals surface area contributed by atoms with E-state index in [9.17, 15) is 0 Å². The van der Waals surface area contributed by atoms with Crippen LogP contribution in [0.2, 0.25) is 0 Å². The quantitative estimate of drug-likeness (QED) is 0.844. The molecule has 112 valence electrons. The maximum Gasteiger partial charge on any atom is 0.191 e. The molecule has 1 aromatic carbocycles. The van der Waals surface area contributed by atoms with Gasteiger partial charge >= 0.3 is 0 Å². The van der Waals surface area contributed by atoms with E-state index in [0.29, 0.717) is 11.9 Å². The Morgan fingerprint density at radius 2 is 1.67 bits per heavy atom. The number of aromatic nitrogens is 1. The van der Waals surface area contributed by atoms with Gasteiger partial charge in [0, 0.05) is 24.2 Å². The van der Waals surface area contributed by atoms with Crippen LogP contribution in [-0.2, 0) is 0 Å². The van der Waals surface area contributed by atoms with E-state index >= 15 is 0 Å². The maximum atomic E-state index is 5.27. The molecule has 1 saturated carbocycles. The molecular formula is C18H24N2O. The molecule has 0 aliphatic heterocycles. The summed E-state index contributed by atoms with van der Waals surface area (Å²) in [5, 5.41) is 3.69. The van der Waals surface area contributed by atoms with Gasteiger partial charge in [-0.05, 0) is 25.0 Å². The largest absolute Gasteiger partial charge is 0.449 e. The van der Waals surface area contributed by atoms with Crippen LogP contribution >= 0.6 is 0 Å². The Labute approximate surface area is 126 Å². The van der Waals surface area contributed by atoms with Crippen molar-refractivity contribution in [1.29, 1.82) is 0 Å². The summed E-state index contributed by atoms with van der Waals surface area (Å²) in [6.45, 7) is 1.87. The standard InChI is InChI=1S/C18H24N2O/c1-14-19-18(13-21-14)15-9-11-17(12-10-15)20-16-7-5-3-2-4-6-8-16/h9-13,16,20H,2-8H2,1H3. The topological polar surface area (TPSA) is 38.1 Å². The van der Waals surface area contributed by atoms with Crippen molar-refractivity contribution >= 4 is 5.69 Å².